The molecular weight excluding hydrogens is 187 g/mol. The van der Waals surface area contributed by atoms with E-state index in [0.29, 0.717) is 0 Å². The molecular formula is C5H13O6P. The maximum Gasteiger partial charge on any atom is 0.474 e. The van der Waals surface area contributed by atoms with Gasteiger partial charge in [0.15, 0.2) is 0 Å². The van der Waals surface area contributed by atoms with Crippen molar-refractivity contribution in [1.29, 1.82) is 0 Å². The van der Waals surface area contributed by atoms with E-state index in [4.69, 9.17) is 10.2 Å². The van der Waals surface area contributed by atoms with Crippen LogP contribution in [0.25, 0.3) is 0 Å². The van der Waals surface area contributed by atoms with Gasteiger partial charge in [0, 0.05) is 14.2 Å². The molecule has 0 bridgehead atoms. The number of hydrogen-bond donors (Lipinski definition) is 2. The van der Waals surface area contributed by atoms with Gasteiger partial charge in [0.05, 0.1) is 13.2 Å². The van der Waals surface area contributed by atoms with Crippen LogP contribution < -0.4 is 0 Å². The first-order chi connectivity index (χ1) is 5.61. The Morgan fingerprint density at radius 2 is 1.67 bits per heavy atom. The lowest BCUT2D eigenvalue weighted by molar-refractivity contribution is 0.0294. The molecule has 0 aliphatic rings. The van der Waals surface area contributed by atoms with Crippen LogP contribution in [0.2, 0.25) is 0 Å². The summed E-state index contributed by atoms with van der Waals surface area (Å²) in [5, 5.41) is 17.1. The van der Waals surface area contributed by atoms with Gasteiger partial charge >= 0.3 is 7.82 Å². The Bertz CT molecular complexity index is 148. The molecule has 0 aliphatic heterocycles. The lowest BCUT2D eigenvalue weighted by atomic mass is 10.4. The van der Waals surface area contributed by atoms with Crippen molar-refractivity contribution < 1.29 is 28.3 Å². The minimum Gasteiger partial charge on any atom is -0.394 e. The highest BCUT2D eigenvalue weighted by atomic mass is 31.2. The fourth-order valence-electron chi connectivity index (χ4n) is 0.468. The first kappa shape index (κ1) is 12.0. The highest BCUT2D eigenvalue weighted by Gasteiger charge is 2.27. The smallest absolute Gasteiger partial charge is 0.394 e. The second kappa shape index (κ2) is 5.64. The van der Waals surface area contributed by atoms with Crippen LogP contribution in [0.1, 0.15) is 0 Å². The second-order valence-electron chi connectivity index (χ2n) is 1.90. The summed E-state index contributed by atoms with van der Waals surface area (Å²) in [7, 11) is -1.29. The second-order valence-corrected chi connectivity index (χ2v) is 3.74. The van der Waals surface area contributed by atoms with E-state index < -0.39 is 27.1 Å². The highest BCUT2D eigenvalue weighted by molar-refractivity contribution is 7.48. The SMILES string of the molecule is COP(=O)(OC)OC(CO)CO. The largest absolute Gasteiger partial charge is 0.474 e. The molecule has 74 valence electrons. The Morgan fingerprint density at radius 1 is 1.25 bits per heavy atom. The van der Waals surface area contributed by atoms with Crippen molar-refractivity contribution >= 4 is 7.82 Å². The van der Waals surface area contributed by atoms with Crippen molar-refractivity contribution in [2.75, 3.05) is 27.4 Å². The predicted molar refractivity (Wildman–Crippen MR) is 40.7 cm³/mol. The Morgan fingerprint density at radius 3 is 1.92 bits per heavy atom. The molecule has 0 spiro atoms. The number of hydrogen-bond acceptors (Lipinski definition) is 6. The van der Waals surface area contributed by atoms with E-state index >= 15 is 0 Å². The van der Waals surface area contributed by atoms with Crippen molar-refractivity contribution in [1.82, 2.24) is 0 Å². The molecule has 12 heavy (non-hydrogen) atoms. The third kappa shape index (κ3) is 3.62. The van der Waals surface area contributed by atoms with Gasteiger partial charge in [-0.25, -0.2) is 4.57 Å². The van der Waals surface area contributed by atoms with Crippen LogP contribution >= 0.6 is 7.82 Å². The van der Waals surface area contributed by atoms with Gasteiger partial charge in [0.1, 0.15) is 6.10 Å². The van der Waals surface area contributed by atoms with E-state index in [1.807, 2.05) is 0 Å². The van der Waals surface area contributed by atoms with Gasteiger partial charge in [0.25, 0.3) is 0 Å². The van der Waals surface area contributed by atoms with E-state index in [1.54, 1.807) is 0 Å². The third-order valence-electron chi connectivity index (χ3n) is 1.13. The zero-order valence-corrected chi connectivity index (χ0v) is 7.86. The Kier molecular flexibility index (Phi) is 5.65. The normalized spacial score (nSPS) is 12.4. The fourth-order valence-corrected chi connectivity index (χ4v) is 1.29. The summed E-state index contributed by atoms with van der Waals surface area (Å²) in [4.78, 5) is 0. The summed E-state index contributed by atoms with van der Waals surface area (Å²) in [6, 6.07) is 0. The minimum absolute atomic E-state index is 0.451. The number of phosphoric acid groups is 1. The minimum atomic E-state index is -3.59. The van der Waals surface area contributed by atoms with Crippen molar-refractivity contribution in [2.45, 2.75) is 6.10 Å². The molecule has 0 saturated heterocycles. The standard InChI is InChI=1S/C5H13O6P/c1-9-12(8,10-2)11-5(3-6)4-7/h5-7H,3-4H2,1-2H3. The van der Waals surface area contributed by atoms with Crippen molar-refractivity contribution in [2.24, 2.45) is 0 Å². The van der Waals surface area contributed by atoms with Crippen molar-refractivity contribution in [3.05, 3.63) is 0 Å². The number of rotatable bonds is 6. The zero-order valence-electron chi connectivity index (χ0n) is 6.97. The van der Waals surface area contributed by atoms with E-state index in [0.717, 1.165) is 14.2 Å². The average molecular weight is 200 g/mol. The molecule has 0 atom stereocenters. The molecule has 0 aromatic heterocycles. The van der Waals surface area contributed by atoms with Gasteiger partial charge < -0.3 is 10.2 Å². The van der Waals surface area contributed by atoms with Crippen LogP contribution in [-0.2, 0) is 18.1 Å². The van der Waals surface area contributed by atoms with Gasteiger partial charge in [-0.05, 0) is 0 Å². The van der Waals surface area contributed by atoms with Crippen LogP contribution in [0.4, 0.5) is 0 Å². The lowest BCUT2D eigenvalue weighted by Gasteiger charge is -2.18. The molecule has 0 aromatic rings. The van der Waals surface area contributed by atoms with Crippen molar-refractivity contribution in [3.63, 3.8) is 0 Å². The summed E-state index contributed by atoms with van der Waals surface area (Å²) < 4.78 is 24.7. The zero-order chi connectivity index (χ0) is 9.61. The molecule has 0 amide bonds. The average Bonchev–Trinajstić information content (AvgIpc) is 2.14. The molecule has 6 nitrogen and oxygen atoms in total. The van der Waals surface area contributed by atoms with E-state index in [-0.39, 0.29) is 0 Å². The molecule has 7 heteroatoms. The maximum atomic E-state index is 11.2. The van der Waals surface area contributed by atoms with Gasteiger partial charge in [-0.15, -0.1) is 0 Å². The highest BCUT2D eigenvalue weighted by Crippen LogP contribution is 2.48. The molecule has 0 heterocycles. The van der Waals surface area contributed by atoms with Crippen LogP contribution in [0.15, 0.2) is 0 Å². The van der Waals surface area contributed by atoms with Crippen LogP contribution in [0.3, 0.4) is 0 Å². The predicted octanol–water partition coefficient (Wildman–Crippen LogP) is -0.243. The van der Waals surface area contributed by atoms with Crippen LogP contribution in [-0.4, -0.2) is 43.8 Å². The first-order valence-electron chi connectivity index (χ1n) is 3.23. The van der Waals surface area contributed by atoms with Gasteiger partial charge in [0.2, 0.25) is 0 Å². The Balaban J connectivity index is 4.09. The maximum absolute atomic E-state index is 11.2. The lowest BCUT2D eigenvalue weighted by Crippen LogP contribution is -2.21. The molecule has 0 fully saturated rings. The molecule has 0 radical (unpaired) electrons. The molecule has 0 rings (SSSR count). The van der Waals surface area contributed by atoms with Gasteiger partial charge in [-0.3, -0.25) is 13.6 Å². The van der Waals surface area contributed by atoms with Gasteiger partial charge in [-0.2, -0.15) is 0 Å². The number of aliphatic hydroxyl groups excluding tert-OH is 2. The van der Waals surface area contributed by atoms with Gasteiger partial charge in [-0.1, -0.05) is 0 Å². The molecule has 2 N–H and O–H groups in total. The van der Waals surface area contributed by atoms with Crippen molar-refractivity contribution in [3.8, 4) is 0 Å². The van der Waals surface area contributed by atoms with E-state index in [2.05, 4.69) is 13.6 Å². The summed E-state index contributed by atoms with van der Waals surface area (Å²) in [5.74, 6) is 0. The Labute approximate surface area is 70.7 Å². The third-order valence-corrected chi connectivity index (χ3v) is 2.58. The number of phosphoric ester groups is 1. The molecule has 0 unspecified atom stereocenters. The first-order valence-corrected chi connectivity index (χ1v) is 4.69. The summed E-state index contributed by atoms with van der Waals surface area (Å²) in [6.45, 7) is -0.902. The number of aliphatic hydroxyl groups is 2. The molecule has 0 aliphatic carbocycles. The van der Waals surface area contributed by atoms with Crippen LogP contribution in [0, 0.1) is 0 Å². The van der Waals surface area contributed by atoms with E-state index in [1.165, 1.54) is 0 Å². The topological polar surface area (TPSA) is 85.2 Å². The summed E-state index contributed by atoms with van der Waals surface area (Å²) in [5.41, 5.74) is 0. The Hall–Kier alpha value is 0.0300. The summed E-state index contributed by atoms with van der Waals surface area (Å²) >= 11 is 0. The van der Waals surface area contributed by atoms with E-state index in [9.17, 15) is 4.57 Å². The molecule has 0 aromatic carbocycles. The monoisotopic (exact) mass is 200 g/mol. The fraction of sp³-hybridized carbons (Fsp3) is 1.00. The summed E-state index contributed by atoms with van der Waals surface area (Å²) in [6.07, 6.45) is -0.948. The van der Waals surface area contributed by atoms with Crippen LogP contribution in [0.5, 0.6) is 0 Å². The molecule has 0 saturated carbocycles. The quantitative estimate of drug-likeness (QED) is 0.575.